The van der Waals surface area contributed by atoms with Gasteiger partial charge in [-0.3, -0.25) is 0 Å². The van der Waals surface area contributed by atoms with E-state index in [1.807, 2.05) is 0 Å². The molecular weight excluding hydrogens is 218 g/mol. The maximum Gasteiger partial charge on any atom is 0.0322 e. The van der Waals surface area contributed by atoms with Crippen LogP contribution in [-0.2, 0) is 12.8 Å². The molecule has 0 aromatic heterocycles. The Labute approximate surface area is 113 Å². The fraction of sp³-hybridized carbons (Fsp3) is 0.647. The molecule has 1 aromatic rings. The standard InChI is InChI=1S/C17H29N/c1-5-9-10-17(18-8-4)16-13-14(6-2)11-12-15(16)7-3/h11-13,17-18H,5-10H2,1-4H3. The number of nitrogens with one attached hydrogen (secondary N) is 1. The first-order chi connectivity index (χ1) is 8.76. The molecule has 0 aliphatic heterocycles. The second-order valence-corrected chi connectivity index (χ2v) is 4.99. The van der Waals surface area contributed by atoms with Crippen molar-refractivity contribution in [3.05, 3.63) is 34.9 Å². The molecule has 1 N–H and O–H groups in total. The lowest BCUT2D eigenvalue weighted by molar-refractivity contribution is 0.491. The molecule has 1 rings (SSSR count). The van der Waals surface area contributed by atoms with Gasteiger partial charge in [0, 0.05) is 6.04 Å². The molecule has 1 aromatic carbocycles. The first kappa shape index (κ1) is 15.2. The van der Waals surface area contributed by atoms with Gasteiger partial charge in [0.05, 0.1) is 0 Å². The Morgan fingerprint density at radius 3 is 2.39 bits per heavy atom. The van der Waals surface area contributed by atoms with Crippen LogP contribution in [0, 0.1) is 0 Å². The summed E-state index contributed by atoms with van der Waals surface area (Å²) in [5.41, 5.74) is 4.50. The van der Waals surface area contributed by atoms with Crippen LogP contribution < -0.4 is 5.32 Å². The number of benzene rings is 1. The quantitative estimate of drug-likeness (QED) is 0.705. The molecule has 0 fully saturated rings. The molecule has 1 nitrogen and oxygen atoms in total. The van der Waals surface area contributed by atoms with E-state index in [0.717, 1.165) is 19.4 Å². The highest BCUT2D eigenvalue weighted by Crippen LogP contribution is 2.25. The van der Waals surface area contributed by atoms with Crippen molar-refractivity contribution in [1.29, 1.82) is 0 Å². The van der Waals surface area contributed by atoms with Gasteiger partial charge in [0.25, 0.3) is 0 Å². The average molecular weight is 247 g/mol. The molecule has 18 heavy (non-hydrogen) atoms. The molecular formula is C17H29N. The highest BCUT2D eigenvalue weighted by Gasteiger charge is 2.13. The highest BCUT2D eigenvalue weighted by molar-refractivity contribution is 5.34. The minimum atomic E-state index is 0.538. The fourth-order valence-corrected chi connectivity index (χ4v) is 2.53. The van der Waals surface area contributed by atoms with E-state index in [1.54, 1.807) is 0 Å². The van der Waals surface area contributed by atoms with Crippen molar-refractivity contribution in [2.24, 2.45) is 0 Å². The third-order valence-electron chi connectivity index (χ3n) is 3.67. The molecule has 0 bridgehead atoms. The van der Waals surface area contributed by atoms with Gasteiger partial charge in [-0.05, 0) is 42.5 Å². The maximum absolute atomic E-state index is 3.66. The van der Waals surface area contributed by atoms with Crippen molar-refractivity contribution in [2.75, 3.05) is 6.54 Å². The van der Waals surface area contributed by atoms with Crippen LogP contribution in [0.1, 0.15) is 69.7 Å². The zero-order valence-electron chi connectivity index (χ0n) is 12.6. The van der Waals surface area contributed by atoms with Crippen molar-refractivity contribution < 1.29 is 0 Å². The smallest absolute Gasteiger partial charge is 0.0322 e. The van der Waals surface area contributed by atoms with Crippen molar-refractivity contribution in [1.82, 2.24) is 5.32 Å². The van der Waals surface area contributed by atoms with Gasteiger partial charge in [0.2, 0.25) is 0 Å². The SMILES string of the molecule is CCCCC(NCC)c1cc(CC)ccc1CC. The van der Waals surface area contributed by atoms with Gasteiger partial charge in [-0.25, -0.2) is 0 Å². The molecule has 1 atom stereocenters. The lowest BCUT2D eigenvalue weighted by Gasteiger charge is -2.22. The van der Waals surface area contributed by atoms with E-state index in [9.17, 15) is 0 Å². The Morgan fingerprint density at radius 1 is 1.06 bits per heavy atom. The minimum absolute atomic E-state index is 0.538. The molecule has 0 amide bonds. The summed E-state index contributed by atoms with van der Waals surface area (Å²) in [7, 11) is 0. The van der Waals surface area contributed by atoms with Crippen LogP contribution >= 0.6 is 0 Å². The van der Waals surface area contributed by atoms with Crippen LogP contribution in [0.2, 0.25) is 0 Å². The predicted octanol–water partition coefficient (Wildman–Crippen LogP) is 4.65. The van der Waals surface area contributed by atoms with E-state index in [2.05, 4.69) is 51.2 Å². The predicted molar refractivity (Wildman–Crippen MR) is 81.1 cm³/mol. The maximum atomic E-state index is 3.66. The summed E-state index contributed by atoms with van der Waals surface area (Å²) >= 11 is 0. The largest absolute Gasteiger partial charge is 0.310 e. The van der Waals surface area contributed by atoms with Crippen LogP contribution in [0.25, 0.3) is 0 Å². The first-order valence-corrected chi connectivity index (χ1v) is 7.61. The van der Waals surface area contributed by atoms with E-state index in [-0.39, 0.29) is 0 Å². The molecule has 0 heterocycles. The zero-order chi connectivity index (χ0) is 13.4. The third kappa shape index (κ3) is 4.13. The molecule has 0 saturated carbocycles. The van der Waals surface area contributed by atoms with Crippen molar-refractivity contribution in [3.8, 4) is 0 Å². The van der Waals surface area contributed by atoms with Crippen LogP contribution in [0.3, 0.4) is 0 Å². The molecule has 0 spiro atoms. The lowest BCUT2D eigenvalue weighted by atomic mass is 9.92. The first-order valence-electron chi connectivity index (χ1n) is 7.61. The summed E-state index contributed by atoms with van der Waals surface area (Å²) in [5.74, 6) is 0. The summed E-state index contributed by atoms with van der Waals surface area (Å²) in [6.07, 6.45) is 6.09. The summed E-state index contributed by atoms with van der Waals surface area (Å²) in [4.78, 5) is 0. The summed E-state index contributed by atoms with van der Waals surface area (Å²) < 4.78 is 0. The lowest BCUT2D eigenvalue weighted by Crippen LogP contribution is -2.22. The Bertz CT molecular complexity index is 343. The molecule has 0 aliphatic carbocycles. The third-order valence-corrected chi connectivity index (χ3v) is 3.67. The topological polar surface area (TPSA) is 12.0 Å². The second-order valence-electron chi connectivity index (χ2n) is 4.99. The molecule has 0 saturated heterocycles. The van der Waals surface area contributed by atoms with E-state index in [1.165, 1.54) is 36.0 Å². The minimum Gasteiger partial charge on any atom is -0.310 e. The van der Waals surface area contributed by atoms with Crippen molar-refractivity contribution in [3.63, 3.8) is 0 Å². The van der Waals surface area contributed by atoms with Gasteiger partial charge in [0.1, 0.15) is 0 Å². The average Bonchev–Trinajstić information content (AvgIpc) is 2.42. The van der Waals surface area contributed by atoms with Gasteiger partial charge in [0.15, 0.2) is 0 Å². The fourth-order valence-electron chi connectivity index (χ4n) is 2.53. The molecule has 1 unspecified atom stereocenters. The molecule has 0 aliphatic rings. The van der Waals surface area contributed by atoms with E-state index in [4.69, 9.17) is 0 Å². The summed E-state index contributed by atoms with van der Waals surface area (Å²) in [6, 6.07) is 7.56. The summed E-state index contributed by atoms with van der Waals surface area (Å²) in [6.45, 7) is 10.0. The Hall–Kier alpha value is -0.820. The Morgan fingerprint density at radius 2 is 1.83 bits per heavy atom. The van der Waals surface area contributed by atoms with Crippen LogP contribution in [0.5, 0.6) is 0 Å². The number of aryl methyl sites for hydroxylation is 2. The molecule has 102 valence electrons. The van der Waals surface area contributed by atoms with E-state index in [0.29, 0.717) is 6.04 Å². The van der Waals surface area contributed by atoms with Gasteiger partial charge in [-0.1, -0.05) is 58.7 Å². The van der Waals surface area contributed by atoms with Gasteiger partial charge in [-0.2, -0.15) is 0 Å². The van der Waals surface area contributed by atoms with E-state index >= 15 is 0 Å². The highest BCUT2D eigenvalue weighted by atomic mass is 14.9. The van der Waals surface area contributed by atoms with Gasteiger partial charge >= 0.3 is 0 Å². The monoisotopic (exact) mass is 247 g/mol. The van der Waals surface area contributed by atoms with Gasteiger partial charge in [-0.15, -0.1) is 0 Å². The Balaban J connectivity index is 2.98. The number of hydrogen-bond donors (Lipinski definition) is 1. The van der Waals surface area contributed by atoms with Gasteiger partial charge < -0.3 is 5.32 Å². The summed E-state index contributed by atoms with van der Waals surface area (Å²) in [5, 5.41) is 3.66. The van der Waals surface area contributed by atoms with Crippen molar-refractivity contribution in [2.45, 2.75) is 65.8 Å². The Kier molecular flexibility index (Phi) is 7.04. The number of rotatable bonds is 8. The van der Waals surface area contributed by atoms with Crippen LogP contribution in [0.15, 0.2) is 18.2 Å². The van der Waals surface area contributed by atoms with Crippen molar-refractivity contribution >= 4 is 0 Å². The van der Waals surface area contributed by atoms with Crippen LogP contribution in [-0.4, -0.2) is 6.54 Å². The second kappa shape index (κ2) is 8.31. The number of unbranched alkanes of at least 4 members (excludes halogenated alkanes) is 1. The van der Waals surface area contributed by atoms with E-state index < -0.39 is 0 Å². The number of hydrogen-bond acceptors (Lipinski definition) is 1. The molecule has 0 radical (unpaired) electrons. The molecule has 1 heteroatoms. The van der Waals surface area contributed by atoms with Crippen LogP contribution in [0.4, 0.5) is 0 Å². The zero-order valence-corrected chi connectivity index (χ0v) is 12.6. The normalized spacial score (nSPS) is 12.7.